The summed E-state index contributed by atoms with van der Waals surface area (Å²) in [4.78, 5) is 13.0. The number of likely N-dealkylation sites (tertiary alicyclic amines) is 1. The van der Waals surface area contributed by atoms with Crippen molar-refractivity contribution in [3.8, 4) is 0 Å². The van der Waals surface area contributed by atoms with Crippen LogP contribution in [-0.2, 0) is 0 Å². The van der Waals surface area contributed by atoms with Crippen LogP contribution < -0.4 is 4.90 Å². The summed E-state index contributed by atoms with van der Waals surface area (Å²) in [5, 5.41) is 0. The normalized spacial score (nSPS) is 16.2. The topological polar surface area (TPSA) is 32.3 Å². The molecule has 0 aromatic carbocycles. The quantitative estimate of drug-likeness (QED) is 0.683. The van der Waals surface area contributed by atoms with Gasteiger partial charge in [-0.25, -0.2) is 9.97 Å². The molecule has 1 aliphatic heterocycles. The van der Waals surface area contributed by atoms with E-state index >= 15 is 0 Å². The molecule has 0 saturated carbocycles. The molecule has 4 nitrogen and oxygen atoms in total. The number of piperidine rings is 1. The van der Waals surface area contributed by atoms with Crippen molar-refractivity contribution >= 4 is 5.69 Å². The lowest BCUT2D eigenvalue weighted by molar-refractivity contribution is 0.224. The van der Waals surface area contributed by atoms with Crippen LogP contribution in [0.4, 0.5) is 5.69 Å². The summed E-state index contributed by atoms with van der Waals surface area (Å²) in [6.07, 6.45) is 14.9. The zero-order chi connectivity index (χ0) is 14.0. The van der Waals surface area contributed by atoms with Gasteiger partial charge in [-0.15, -0.1) is 0 Å². The molecule has 0 amide bonds. The van der Waals surface area contributed by atoms with E-state index in [1.165, 1.54) is 64.6 Å². The Balaban J connectivity index is 1.49. The Morgan fingerprint density at radius 2 is 1.70 bits per heavy atom. The minimum atomic E-state index is 1.09. The Morgan fingerprint density at radius 1 is 1.00 bits per heavy atom. The third-order valence-electron chi connectivity index (χ3n) is 4.15. The van der Waals surface area contributed by atoms with Crippen LogP contribution in [0.5, 0.6) is 0 Å². The maximum absolute atomic E-state index is 4.06. The molecular weight excluding hydrogens is 248 g/mol. The van der Waals surface area contributed by atoms with E-state index in [1.807, 2.05) is 12.4 Å². The molecular formula is C16H28N4. The minimum Gasteiger partial charge on any atom is -0.372 e. The van der Waals surface area contributed by atoms with E-state index in [2.05, 4.69) is 26.8 Å². The number of rotatable bonds is 8. The van der Waals surface area contributed by atoms with E-state index in [4.69, 9.17) is 0 Å². The highest BCUT2D eigenvalue weighted by Gasteiger charge is 2.08. The average Bonchev–Trinajstić information content (AvgIpc) is 2.52. The Hall–Kier alpha value is -1.16. The van der Waals surface area contributed by atoms with E-state index in [0.717, 1.165) is 12.2 Å². The van der Waals surface area contributed by atoms with E-state index in [-0.39, 0.29) is 0 Å². The summed E-state index contributed by atoms with van der Waals surface area (Å²) < 4.78 is 0. The van der Waals surface area contributed by atoms with Gasteiger partial charge in [0, 0.05) is 13.6 Å². The first-order valence-corrected chi connectivity index (χ1v) is 8.05. The van der Waals surface area contributed by atoms with E-state index in [0.29, 0.717) is 0 Å². The molecule has 4 heteroatoms. The average molecular weight is 276 g/mol. The lowest BCUT2D eigenvalue weighted by Crippen LogP contribution is -2.30. The van der Waals surface area contributed by atoms with Crippen LogP contribution in [0.15, 0.2) is 18.7 Å². The molecule has 1 saturated heterocycles. The molecule has 20 heavy (non-hydrogen) atoms. The van der Waals surface area contributed by atoms with Gasteiger partial charge in [-0.1, -0.05) is 19.3 Å². The Labute approximate surface area is 123 Å². The van der Waals surface area contributed by atoms with Gasteiger partial charge in [0.2, 0.25) is 0 Å². The number of nitrogens with zero attached hydrogens (tertiary/aromatic N) is 4. The smallest absolute Gasteiger partial charge is 0.115 e. The van der Waals surface area contributed by atoms with Gasteiger partial charge in [-0.05, 0) is 45.3 Å². The van der Waals surface area contributed by atoms with Crippen molar-refractivity contribution < 1.29 is 0 Å². The lowest BCUT2D eigenvalue weighted by Gasteiger charge is -2.26. The third kappa shape index (κ3) is 5.45. The third-order valence-corrected chi connectivity index (χ3v) is 4.15. The summed E-state index contributed by atoms with van der Waals surface area (Å²) in [6.45, 7) is 5.06. The summed E-state index contributed by atoms with van der Waals surface area (Å²) in [5.41, 5.74) is 1.11. The second kappa shape index (κ2) is 8.90. The first-order chi connectivity index (χ1) is 9.86. The summed E-state index contributed by atoms with van der Waals surface area (Å²) >= 11 is 0. The van der Waals surface area contributed by atoms with Crippen LogP contribution in [0.3, 0.4) is 0 Å². The monoisotopic (exact) mass is 276 g/mol. The van der Waals surface area contributed by atoms with Crippen molar-refractivity contribution in [2.45, 2.75) is 44.9 Å². The number of aromatic nitrogens is 2. The molecule has 0 spiro atoms. The van der Waals surface area contributed by atoms with Crippen LogP contribution in [-0.4, -0.2) is 48.1 Å². The maximum atomic E-state index is 4.06. The summed E-state index contributed by atoms with van der Waals surface area (Å²) in [7, 11) is 2.12. The van der Waals surface area contributed by atoms with Crippen LogP contribution in [0, 0.1) is 0 Å². The van der Waals surface area contributed by atoms with Crippen LogP contribution in [0.25, 0.3) is 0 Å². The number of hydrogen-bond donors (Lipinski definition) is 0. The van der Waals surface area contributed by atoms with Crippen LogP contribution in [0.2, 0.25) is 0 Å². The Kier molecular flexibility index (Phi) is 6.78. The number of unbranched alkanes of at least 4 members (excludes halogenated alkanes) is 3. The predicted molar refractivity (Wildman–Crippen MR) is 84.1 cm³/mol. The standard InChI is InChI=1S/C16H28N4/c1-19(16-13-17-15-18-14-16)9-5-2-3-6-10-20-11-7-4-8-12-20/h13-15H,2-12H2,1H3. The molecule has 0 aliphatic carbocycles. The van der Waals surface area contributed by atoms with E-state index in [9.17, 15) is 0 Å². The highest BCUT2D eigenvalue weighted by atomic mass is 15.1. The van der Waals surface area contributed by atoms with Gasteiger partial charge < -0.3 is 9.80 Å². The van der Waals surface area contributed by atoms with Gasteiger partial charge in [0.05, 0.1) is 18.1 Å². The molecule has 0 unspecified atom stereocenters. The Morgan fingerprint density at radius 3 is 2.45 bits per heavy atom. The van der Waals surface area contributed by atoms with Gasteiger partial charge in [0.1, 0.15) is 6.33 Å². The molecule has 0 bridgehead atoms. The molecule has 2 heterocycles. The van der Waals surface area contributed by atoms with Crippen LogP contribution >= 0.6 is 0 Å². The second-order valence-electron chi connectivity index (χ2n) is 5.83. The van der Waals surface area contributed by atoms with Gasteiger partial charge in [0.25, 0.3) is 0 Å². The minimum absolute atomic E-state index is 1.09. The van der Waals surface area contributed by atoms with Crippen molar-refractivity contribution in [1.82, 2.24) is 14.9 Å². The highest BCUT2D eigenvalue weighted by Crippen LogP contribution is 2.12. The first-order valence-electron chi connectivity index (χ1n) is 8.05. The molecule has 1 fully saturated rings. The van der Waals surface area contributed by atoms with Crippen molar-refractivity contribution in [3.63, 3.8) is 0 Å². The van der Waals surface area contributed by atoms with Crippen molar-refractivity contribution in [2.75, 3.05) is 38.1 Å². The molecule has 0 atom stereocenters. The second-order valence-corrected chi connectivity index (χ2v) is 5.83. The van der Waals surface area contributed by atoms with Crippen molar-refractivity contribution in [2.24, 2.45) is 0 Å². The zero-order valence-corrected chi connectivity index (χ0v) is 12.8. The molecule has 0 N–H and O–H groups in total. The molecule has 2 rings (SSSR count). The largest absolute Gasteiger partial charge is 0.372 e. The lowest BCUT2D eigenvalue weighted by atomic mass is 10.1. The van der Waals surface area contributed by atoms with Crippen LogP contribution in [0.1, 0.15) is 44.9 Å². The maximum Gasteiger partial charge on any atom is 0.115 e. The number of hydrogen-bond acceptors (Lipinski definition) is 4. The van der Waals surface area contributed by atoms with Gasteiger partial charge >= 0.3 is 0 Å². The first kappa shape index (κ1) is 15.2. The molecule has 0 radical (unpaired) electrons. The van der Waals surface area contributed by atoms with Crippen molar-refractivity contribution in [1.29, 1.82) is 0 Å². The zero-order valence-electron chi connectivity index (χ0n) is 12.8. The predicted octanol–water partition coefficient (Wildman–Crippen LogP) is 2.96. The van der Waals surface area contributed by atoms with Gasteiger partial charge in [-0.3, -0.25) is 0 Å². The Bertz CT molecular complexity index is 349. The SMILES string of the molecule is CN(CCCCCCN1CCCCC1)c1cncnc1. The fourth-order valence-electron chi connectivity index (χ4n) is 2.84. The highest BCUT2D eigenvalue weighted by molar-refractivity contribution is 5.39. The summed E-state index contributed by atoms with van der Waals surface area (Å²) in [6, 6.07) is 0. The van der Waals surface area contributed by atoms with E-state index in [1.54, 1.807) is 6.33 Å². The summed E-state index contributed by atoms with van der Waals surface area (Å²) in [5.74, 6) is 0. The van der Waals surface area contributed by atoms with Gasteiger partial charge in [0.15, 0.2) is 0 Å². The fourth-order valence-corrected chi connectivity index (χ4v) is 2.84. The molecule has 1 aliphatic rings. The molecule has 1 aromatic rings. The van der Waals surface area contributed by atoms with Gasteiger partial charge in [-0.2, -0.15) is 0 Å². The fraction of sp³-hybridized carbons (Fsp3) is 0.750. The number of anilines is 1. The van der Waals surface area contributed by atoms with E-state index < -0.39 is 0 Å². The molecule has 1 aromatic heterocycles. The molecule has 112 valence electrons. The van der Waals surface area contributed by atoms with Crippen molar-refractivity contribution in [3.05, 3.63) is 18.7 Å².